The van der Waals surface area contributed by atoms with Crippen LogP contribution in [0.5, 0.6) is 0 Å². The number of nitrogens with one attached hydrogen (secondary N) is 1. The van der Waals surface area contributed by atoms with Crippen molar-refractivity contribution < 1.29 is 9.72 Å². The van der Waals surface area contributed by atoms with Crippen LogP contribution >= 0.6 is 0 Å². The van der Waals surface area contributed by atoms with Gasteiger partial charge in [-0.2, -0.15) is 0 Å². The molecule has 0 spiro atoms. The number of nitro groups is 1. The Morgan fingerprint density at radius 2 is 2.09 bits per heavy atom. The molecule has 1 aromatic rings. The third-order valence-corrected chi connectivity index (χ3v) is 4.03. The van der Waals surface area contributed by atoms with Crippen molar-refractivity contribution in [3.63, 3.8) is 0 Å². The maximum atomic E-state index is 12.5. The van der Waals surface area contributed by atoms with E-state index in [9.17, 15) is 14.9 Å². The fourth-order valence-corrected chi connectivity index (χ4v) is 2.74. The minimum Gasteiger partial charge on any atom is -0.336 e. The van der Waals surface area contributed by atoms with Gasteiger partial charge in [0.1, 0.15) is 0 Å². The predicted molar refractivity (Wildman–Crippen MR) is 84.4 cm³/mol. The summed E-state index contributed by atoms with van der Waals surface area (Å²) >= 11 is 0. The zero-order valence-electron chi connectivity index (χ0n) is 13.1. The smallest absolute Gasteiger partial charge is 0.269 e. The Morgan fingerprint density at radius 3 is 2.59 bits per heavy atom. The maximum Gasteiger partial charge on any atom is 0.269 e. The summed E-state index contributed by atoms with van der Waals surface area (Å²) in [6.45, 7) is 5.46. The van der Waals surface area contributed by atoms with Crippen molar-refractivity contribution >= 4 is 11.6 Å². The molecule has 0 aromatic heterocycles. The number of nitro benzene ring substituents is 1. The minimum absolute atomic E-state index is 0.0707. The van der Waals surface area contributed by atoms with Gasteiger partial charge < -0.3 is 10.2 Å². The third-order valence-electron chi connectivity index (χ3n) is 4.03. The van der Waals surface area contributed by atoms with E-state index < -0.39 is 4.92 Å². The van der Waals surface area contributed by atoms with Crippen LogP contribution in [0.3, 0.4) is 0 Å². The highest BCUT2D eigenvalue weighted by molar-refractivity contribution is 5.77. The van der Waals surface area contributed by atoms with Gasteiger partial charge in [-0.15, -0.1) is 0 Å². The highest BCUT2D eigenvalue weighted by Crippen LogP contribution is 2.17. The van der Waals surface area contributed by atoms with Crippen molar-refractivity contribution in [3.05, 3.63) is 39.9 Å². The van der Waals surface area contributed by atoms with Gasteiger partial charge in [0.2, 0.25) is 5.91 Å². The lowest BCUT2D eigenvalue weighted by molar-refractivity contribution is -0.384. The Bertz CT molecular complexity index is 522. The Labute approximate surface area is 130 Å². The molecule has 1 amide bonds. The lowest BCUT2D eigenvalue weighted by Gasteiger charge is -2.28. The van der Waals surface area contributed by atoms with Crippen LogP contribution in [0.2, 0.25) is 0 Å². The minimum atomic E-state index is -0.416. The number of nitrogens with zero attached hydrogens (tertiary/aromatic N) is 2. The fraction of sp³-hybridized carbons (Fsp3) is 0.562. The molecule has 6 heteroatoms. The molecule has 1 atom stereocenters. The van der Waals surface area contributed by atoms with Crippen LogP contribution in [0.25, 0.3) is 0 Å². The molecule has 120 valence electrons. The number of hydrogen-bond donors (Lipinski definition) is 1. The molecular weight excluding hydrogens is 282 g/mol. The topological polar surface area (TPSA) is 75.5 Å². The second-order valence-electron chi connectivity index (χ2n) is 6.04. The highest BCUT2D eigenvalue weighted by atomic mass is 16.6. The van der Waals surface area contributed by atoms with E-state index in [4.69, 9.17) is 0 Å². The standard InChI is InChI=1S/C16H23N3O3/c1-12(2)18(16(20)10-14-4-3-9-17-14)11-13-5-7-15(8-6-13)19(21)22/h5-8,12,14,17H,3-4,9-11H2,1-2H3. The summed E-state index contributed by atoms with van der Waals surface area (Å²) < 4.78 is 0. The van der Waals surface area contributed by atoms with Crippen LogP contribution in [0.15, 0.2) is 24.3 Å². The van der Waals surface area contributed by atoms with Crippen LogP contribution in [0.4, 0.5) is 5.69 Å². The molecule has 0 aliphatic carbocycles. The normalized spacial score (nSPS) is 17.7. The van der Waals surface area contributed by atoms with Crippen molar-refractivity contribution in [2.24, 2.45) is 0 Å². The van der Waals surface area contributed by atoms with E-state index in [-0.39, 0.29) is 23.7 Å². The number of benzene rings is 1. The Kier molecular flexibility index (Phi) is 5.49. The average molecular weight is 305 g/mol. The van der Waals surface area contributed by atoms with E-state index >= 15 is 0 Å². The average Bonchev–Trinajstić information content (AvgIpc) is 2.97. The van der Waals surface area contributed by atoms with Crippen molar-refractivity contribution in [2.75, 3.05) is 6.54 Å². The largest absolute Gasteiger partial charge is 0.336 e. The molecule has 1 unspecified atom stereocenters. The zero-order chi connectivity index (χ0) is 16.1. The summed E-state index contributed by atoms with van der Waals surface area (Å²) in [6.07, 6.45) is 2.70. The monoisotopic (exact) mass is 305 g/mol. The first-order chi connectivity index (χ1) is 10.5. The van der Waals surface area contributed by atoms with E-state index in [1.165, 1.54) is 12.1 Å². The number of non-ortho nitro benzene ring substituents is 1. The zero-order valence-corrected chi connectivity index (χ0v) is 13.1. The quantitative estimate of drug-likeness (QED) is 0.647. The van der Waals surface area contributed by atoms with Crippen LogP contribution in [-0.4, -0.2) is 34.4 Å². The van der Waals surface area contributed by atoms with E-state index in [2.05, 4.69) is 5.32 Å². The summed E-state index contributed by atoms with van der Waals surface area (Å²) in [5.41, 5.74) is 0.980. The molecule has 1 fully saturated rings. The van der Waals surface area contributed by atoms with E-state index in [1.54, 1.807) is 12.1 Å². The van der Waals surface area contributed by atoms with Crippen molar-refractivity contribution in [1.29, 1.82) is 0 Å². The van der Waals surface area contributed by atoms with Crippen LogP contribution in [-0.2, 0) is 11.3 Å². The highest BCUT2D eigenvalue weighted by Gasteiger charge is 2.23. The summed E-state index contributed by atoms with van der Waals surface area (Å²) in [5, 5.41) is 14.0. The molecule has 22 heavy (non-hydrogen) atoms. The molecule has 0 bridgehead atoms. The third kappa shape index (κ3) is 4.27. The van der Waals surface area contributed by atoms with Crippen LogP contribution in [0, 0.1) is 10.1 Å². The maximum absolute atomic E-state index is 12.5. The van der Waals surface area contributed by atoms with Crippen molar-refractivity contribution in [2.45, 2.75) is 51.7 Å². The first kappa shape index (κ1) is 16.4. The summed E-state index contributed by atoms with van der Waals surface area (Å²) in [6, 6.07) is 6.78. The van der Waals surface area contributed by atoms with Crippen molar-refractivity contribution in [3.8, 4) is 0 Å². The molecule has 1 aliphatic rings. The van der Waals surface area contributed by atoms with Gasteiger partial charge in [0.05, 0.1) is 4.92 Å². The number of amides is 1. The van der Waals surface area contributed by atoms with Crippen molar-refractivity contribution in [1.82, 2.24) is 10.2 Å². The lowest BCUT2D eigenvalue weighted by atomic mass is 10.1. The van der Waals surface area contributed by atoms with Gasteiger partial charge in [0.15, 0.2) is 0 Å². The molecule has 0 saturated carbocycles. The molecular formula is C16H23N3O3. The number of hydrogen-bond acceptors (Lipinski definition) is 4. The van der Waals surface area contributed by atoms with Gasteiger partial charge in [-0.3, -0.25) is 14.9 Å². The van der Waals surface area contributed by atoms with Gasteiger partial charge in [-0.05, 0) is 38.8 Å². The summed E-state index contributed by atoms with van der Waals surface area (Å²) in [4.78, 5) is 24.6. The first-order valence-electron chi connectivity index (χ1n) is 7.73. The van der Waals surface area contributed by atoms with Gasteiger partial charge >= 0.3 is 0 Å². The predicted octanol–water partition coefficient (Wildman–Crippen LogP) is 2.47. The number of rotatable bonds is 6. The second kappa shape index (κ2) is 7.35. The Hall–Kier alpha value is -1.95. The Balaban J connectivity index is 2.01. The Morgan fingerprint density at radius 1 is 1.41 bits per heavy atom. The lowest BCUT2D eigenvalue weighted by Crippen LogP contribution is -2.39. The molecule has 6 nitrogen and oxygen atoms in total. The molecule has 1 aliphatic heterocycles. The fourth-order valence-electron chi connectivity index (χ4n) is 2.74. The molecule has 1 aromatic carbocycles. The van der Waals surface area contributed by atoms with Crippen LogP contribution < -0.4 is 5.32 Å². The summed E-state index contributed by atoms with van der Waals surface area (Å²) in [5.74, 6) is 0.132. The number of carbonyl (C=O) groups is 1. The molecule has 1 saturated heterocycles. The summed E-state index contributed by atoms with van der Waals surface area (Å²) in [7, 11) is 0. The second-order valence-corrected chi connectivity index (χ2v) is 6.04. The van der Waals surface area contributed by atoms with E-state index in [0.717, 1.165) is 24.9 Å². The molecule has 2 rings (SSSR count). The van der Waals surface area contributed by atoms with Gasteiger partial charge in [0, 0.05) is 37.2 Å². The van der Waals surface area contributed by atoms with E-state index in [1.807, 2.05) is 18.7 Å². The SMILES string of the molecule is CC(C)N(Cc1ccc([N+](=O)[O-])cc1)C(=O)CC1CCCN1. The van der Waals surface area contributed by atoms with Gasteiger partial charge in [0.25, 0.3) is 5.69 Å². The van der Waals surface area contributed by atoms with E-state index in [0.29, 0.717) is 13.0 Å². The van der Waals surface area contributed by atoms with Gasteiger partial charge in [-0.25, -0.2) is 0 Å². The number of carbonyl (C=O) groups excluding carboxylic acids is 1. The van der Waals surface area contributed by atoms with Crippen LogP contribution in [0.1, 0.15) is 38.7 Å². The molecule has 1 heterocycles. The molecule has 1 N–H and O–H groups in total. The first-order valence-corrected chi connectivity index (χ1v) is 7.73. The van der Waals surface area contributed by atoms with Gasteiger partial charge in [-0.1, -0.05) is 12.1 Å². The molecule has 0 radical (unpaired) electrons.